The number of piperazine rings is 1. The second kappa shape index (κ2) is 9.86. The predicted molar refractivity (Wildman–Crippen MR) is 124 cm³/mol. The molecule has 1 aliphatic heterocycles. The van der Waals surface area contributed by atoms with Gasteiger partial charge in [-0.15, -0.1) is 0 Å². The van der Waals surface area contributed by atoms with Gasteiger partial charge in [-0.2, -0.15) is 0 Å². The molecule has 0 unspecified atom stereocenters. The lowest BCUT2D eigenvalue weighted by Gasteiger charge is -2.28. The first-order valence-electron chi connectivity index (χ1n) is 10.5. The van der Waals surface area contributed by atoms with E-state index in [-0.39, 0.29) is 11.8 Å². The number of hydrogen-bond acceptors (Lipinski definition) is 5. The van der Waals surface area contributed by atoms with E-state index < -0.39 is 5.91 Å². The number of carbonyl (C=O) groups is 3. The third-order valence-electron chi connectivity index (χ3n) is 5.28. The van der Waals surface area contributed by atoms with Gasteiger partial charge in [0.05, 0.1) is 6.54 Å². The highest BCUT2D eigenvalue weighted by Gasteiger charge is 2.16. The van der Waals surface area contributed by atoms with Crippen molar-refractivity contribution in [3.63, 3.8) is 0 Å². The summed E-state index contributed by atoms with van der Waals surface area (Å²) in [5.74, 6) is 0.467. The van der Waals surface area contributed by atoms with Crippen LogP contribution in [0.5, 0.6) is 11.5 Å². The van der Waals surface area contributed by atoms with E-state index >= 15 is 0 Å². The molecule has 4 N–H and O–H groups in total. The second-order valence-electron chi connectivity index (χ2n) is 7.64. The van der Waals surface area contributed by atoms with Crippen molar-refractivity contribution in [2.24, 2.45) is 5.73 Å². The molecule has 3 aromatic rings. The lowest BCUT2D eigenvalue weighted by molar-refractivity contribution is -0.120. The van der Waals surface area contributed by atoms with Crippen LogP contribution in [-0.4, -0.2) is 37.4 Å². The number of rotatable bonds is 7. The lowest BCUT2D eigenvalue weighted by atomic mass is 10.1. The molecule has 0 saturated carbocycles. The Labute approximate surface area is 191 Å². The summed E-state index contributed by atoms with van der Waals surface area (Å²) in [5.41, 5.74) is 8.11. The molecule has 168 valence electrons. The Balaban J connectivity index is 1.29. The Kier molecular flexibility index (Phi) is 6.54. The molecule has 0 aromatic heterocycles. The summed E-state index contributed by atoms with van der Waals surface area (Å²) in [7, 11) is 0. The first-order valence-corrected chi connectivity index (χ1v) is 10.5. The first kappa shape index (κ1) is 21.9. The Morgan fingerprint density at radius 2 is 1.52 bits per heavy atom. The van der Waals surface area contributed by atoms with Crippen LogP contribution in [0.3, 0.4) is 0 Å². The molecule has 8 heteroatoms. The molecule has 1 aliphatic rings. The van der Waals surface area contributed by atoms with Crippen LogP contribution in [0.25, 0.3) is 0 Å². The van der Waals surface area contributed by atoms with Gasteiger partial charge < -0.3 is 26.0 Å². The number of nitrogens with zero attached hydrogens (tertiary/aromatic N) is 1. The summed E-state index contributed by atoms with van der Waals surface area (Å²) in [6.07, 6.45) is 0. The molecule has 1 heterocycles. The van der Waals surface area contributed by atoms with Crippen LogP contribution in [0, 0.1) is 0 Å². The molecule has 0 aliphatic carbocycles. The largest absolute Gasteiger partial charge is 0.457 e. The number of hydrogen-bond donors (Lipinski definition) is 3. The maximum atomic E-state index is 12.5. The molecule has 3 aromatic carbocycles. The van der Waals surface area contributed by atoms with Crippen molar-refractivity contribution >= 4 is 23.4 Å². The highest BCUT2D eigenvalue weighted by molar-refractivity contribution is 5.94. The summed E-state index contributed by atoms with van der Waals surface area (Å²) < 4.78 is 5.73. The van der Waals surface area contributed by atoms with Crippen molar-refractivity contribution in [2.75, 3.05) is 24.5 Å². The zero-order valence-corrected chi connectivity index (χ0v) is 17.9. The van der Waals surface area contributed by atoms with Gasteiger partial charge in [0.1, 0.15) is 11.5 Å². The van der Waals surface area contributed by atoms with Crippen LogP contribution >= 0.6 is 0 Å². The van der Waals surface area contributed by atoms with Crippen molar-refractivity contribution < 1.29 is 19.1 Å². The molecule has 3 amide bonds. The molecule has 8 nitrogen and oxygen atoms in total. The molecule has 1 fully saturated rings. The average Bonchev–Trinajstić information content (AvgIpc) is 2.84. The van der Waals surface area contributed by atoms with Gasteiger partial charge in [-0.3, -0.25) is 14.4 Å². The Hall–Kier alpha value is -4.33. The van der Waals surface area contributed by atoms with Gasteiger partial charge in [0, 0.05) is 36.4 Å². The van der Waals surface area contributed by atoms with Crippen molar-refractivity contribution in [3.05, 3.63) is 89.5 Å². The quantitative estimate of drug-likeness (QED) is 0.518. The predicted octanol–water partition coefficient (Wildman–Crippen LogP) is 2.44. The van der Waals surface area contributed by atoms with Crippen LogP contribution in [0.4, 0.5) is 5.69 Å². The zero-order chi connectivity index (χ0) is 23.2. The highest BCUT2D eigenvalue weighted by atomic mass is 16.5. The molecule has 0 spiro atoms. The minimum Gasteiger partial charge on any atom is -0.457 e. The van der Waals surface area contributed by atoms with Crippen LogP contribution in [0.1, 0.15) is 26.3 Å². The molecule has 33 heavy (non-hydrogen) atoms. The van der Waals surface area contributed by atoms with Crippen LogP contribution < -0.4 is 26.0 Å². The normalized spacial score (nSPS) is 13.2. The first-order chi connectivity index (χ1) is 16.0. The van der Waals surface area contributed by atoms with Gasteiger partial charge in [-0.05, 0) is 66.2 Å². The summed E-state index contributed by atoms with van der Waals surface area (Å²) in [4.78, 5) is 37.2. The molecular weight excluding hydrogens is 420 g/mol. The molecule has 4 rings (SSSR count). The summed E-state index contributed by atoms with van der Waals surface area (Å²) in [6, 6.07) is 21.1. The number of anilines is 1. The monoisotopic (exact) mass is 444 g/mol. The standard InChI is InChI=1S/C25H24N4O4/c26-24(31)18-3-9-21(10-4-18)33-22-11-5-19(6-12-22)25(32)28-15-17-1-7-20(8-2-17)29-14-13-27-23(30)16-29/h1-12H,13-16H2,(H2,26,31)(H,27,30)(H,28,32). The van der Waals surface area contributed by atoms with Crippen molar-refractivity contribution in [1.82, 2.24) is 10.6 Å². The molecular formula is C25H24N4O4. The van der Waals surface area contributed by atoms with Crippen LogP contribution in [0.2, 0.25) is 0 Å². The summed E-state index contributed by atoms with van der Waals surface area (Å²) in [6.45, 7) is 2.17. The minimum absolute atomic E-state index is 0.0231. The maximum Gasteiger partial charge on any atom is 0.251 e. The molecule has 0 radical (unpaired) electrons. The summed E-state index contributed by atoms with van der Waals surface area (Å²) in [5, 5.41) is 5.72. The van der Waals surface area contributed by atoms with E-state index in [9.17, 15) is 14.4 Å². The van der Waals surface area contributed by atoms with Gasteiger partial charge >= 0.3 is 0 Å². The third-order valence-corrected chi connectivity index (χ3v) is 5.28. The SMILES string of the molecule is NC(=O)c1ccc(Oc2ccc(C(=O)NCc3ccc(N4CCNC(=O)C4)cc3)cc2)cc1. The van der Waals surface area contributed by atoms with E-state index in [4.69, 9.17) is 10.5 Å². The van der Waals surface area contributed by atoms with Crippen molar-refractivity contribution in [3.8, 4) is 11.5 Å². The number of benzene rings is 3. The topological polar surface area (TPSA) is 114 Å². The fourth-order valence-corrected chi connectivity index (χ4v) is 3.47. The van der Waals surface area contributed by atoms with Crippen LogP contribution in [-0.2, 0) is 11.3 Å². The Morgan fingerprint density at radius 1 is 0.909 bits per heavy atom. The smallest absolute Gasteiger partial charge is 0.251 e. The van der Waals surface area contributed by atoms with E-state index in [2.05, 4.69) is 10.6 Å². The Bertz CT molecular complexity index is 1140. The number of nitrogens with two attached hydrogens (primary N) is 1. The van der Waals surface area contributed by atoms with E-state index in [0.29, 0.717) is 42.3 Å². The van der Waals surface area contributed by atoms with E-state index in [1.165, 1.54) is 0 Å². The Morgan fingerprint density at radius 3 is 2.09 bits per heavy atom. The minimum atomic E-state index is -0.496. The summed E-state index contributed by atoms with van der Waals surface area (Å²) >= 11 is 0. The lowest BCUT2D eigenvalue weighted by Crippen LogP contribution is -2.47. The van der Waals surface area contributed by atoms with Gasteiger partial charge in [0.25, 0.3) is 5.91 Å². The molecule has 0 bridgehead atoms. The van der Waals surface area contributed by atoms with E-state index in [1.54, 1.807) is 48.5 Å². The van der Waals surface area contributed by atoms with Gasteiger partial charge in [-0.1, -0.05) is 12.1 Å². The van der Waals surface area contributed by atoms with Crippen molar-refractivity contribution in [2.45, 2.75) is 6.54 Å². The van der Waals surface area contributed by atoms with Gasteiger partial charge in [0.15, 0.2) is 0 Å². The average molecular weight is 444 g/mol. The van der Waals surface area contributed by atoms with Gasteiger partial charge in [-0.25, -0.2) is 0 Å². The second-order valence-corrected chi connectivity index (χ2v) is 7.64. The zero-order valence-electron chi connectivity index (χ0n) is 17.9. The van der Waals surface area contributed by atoms with Crippen molar-refractivity contribution in [1.29, 1.82) is 0 Å². The number of carbonyl (C=O) groups excluding carboxylic acids is 3. The highest BCUT2D eigenvalue weighted by Crippen LogP contribution is 2.22. The third kappa shape index (κ3) is 5.68. The maximum absolute atomic E-state index is 12.5. The number of amides is 3. The fourth-order valence-electron chi connectivity index (χ4n) is 3.47. The molecule has 0 atom stereocenters. The molecule has 1 saturated heterocycles. The van der Waals surface area contributed by atoms with Crippen LogP contribution in [0.15, 0.2) is 72.8 Å². The van der Waals surface area contributed by atoms with Gasteiger partial charge in [0.2, 0.25) is 11.8 Å². The number of nitrogens with one attached hydrogen (secondary N) is 2. The number of ether oxygens (including phenoxy) is 1. The van der Waals surface area contributed by atoms with E-state index in [1.807, 2.05) is 29.2 Å². The van der Waals surface area contributed by atoms with E-state index in [0.717, 1.165) is 17.8 Å². The fraction of sp³-hybridized carbons (Fsp3) is 0.160. The number of primary amides is 1.